The van der Waals surface area contributed by atoms with Gasteiger partial charge in [-0.1, -0.05) is 29.8 Å². The molecule has 0 spiro atoms. The van der Waals surface area contributed by atoms with Crippen molar-refractivity contribution in [2.24, 2.45) is 0 Å². The second-order valence-electron chi connectivity index (χ2n) is 7.30. The lowest BCUT2D eigenvalue weighted by atomic mass is 10.1. The van der Waals surface area contributed by atoms with Crippen molar-refractivity contribution in [2.75, 3.05) is 30.3 Å². The fourth-order valence-corrected chi connectivity index (χ4v) is 4.07. The van der Waals surface area contributed by atoms with Crippen LogP contribution in [0.2, 0.25) is 0 Å². The van der Waals surface area contributed by atoms with Crippen LogP contribution in [0.1, 0.15) is 37.3 Å². The van der Waals surface area contributed by atoms with Crippen molar-refractivity contribution in [2.45, 2.75) is 39.5 Å². The molecule has 2 rings (SSSR count). The van der Waals surface area contributed by atoms with Crippen molar-refractivity contribution < 1.29 is 17.9 Å². The summed E-state index contributed by atoms with van der Waals surface area (Å²) in [6, 6.07) is 15.3. The van der Waals surface area contributed by atoms with Crippen LogP contribution in [0.25, 0.3) is 0 Å². The summed E-state index contributed by atoms with van der Waals surface area (Å²) >= 11 is 0. The Morgan fingerprint density at radius 1 is 1.03 bits per heavy atom. The van der Waals surface area contributed by atoms with Gasteiger partial charge in [0.05, 0.1) is 18.6 Å². The molecule has 6 nitrogen and oxygen atoms in total. The summed E-state index contributed by atoms with van der Waals surface area (Å²) in [5.41, 5.74) is 2.89. The molecule has 0 saturated carbocycles. The van der Waals surface area contributed by atoms with Crippen LogP contribution in [0.4, 0.5) is 5.69 Å². The molecule has 7 heteroatoms. The molecule has 0 unspecified atom stereocenters. The molecule has 2 aromatic carbocycles. The predicted octanol–water partition coefficient (Wildman–Crippen LogP) is 3.69. The molecule has 0 saturated heterocycles. The third kappa shape index (κ3) is 8.06. The van der Waals surface area contributed by atoms with E-state index >= 15 is 0 Å². The van der Waals surface area contributed by atoms with Gasteiger partial charge in [-0.05, 0) is 62.9 Å². The fourth-order valence-electron chi connectivity index (χ4n) is 3.11. The van der Waals surface area contributed by atoms with Gasteiger partial charge in [-0.3, -0.25) is 9.10 Å². The number of ether oxygens (including phenoxy) is 1. The van der Waals surface area contributed by atoms with E-state index in [0.717, 1.165) is 24.2 Å². The molecule has 164 valence electrons. The van der Waals surface area contributed by atoms with Gasteiger partial charge in [-0.15, -0.1) is 0 Å². The van der Waals surface area contributed by atoms with Crippen LogP contribution in [0.5, 0.6) is 5.75 Å². The standard InChI is InChI=1S/C23H32N2O4S/c1-4-29-22-15-11-20(12-16-22)7-5-17-24-23(26)8-6-18-25(30(3,27)28)21-13-9-19(2)10-14-21/h9-16H,4-8,17-18H2,1-3H3,(H,24,26). The number of rotatable bonds is 12. The highest BCUT2D eigenvalue weighted by molar-refractivity contribution is 7.92. The van der Waals surface area contributed by atoms with E-state index in [4.69, 9.17) is 4.74 Å². The maximum atomic E-state index is 12.1. The van der Waals surface area contributed by atoms with E-state index in [1.807, 2.05) is 50.2 Å². The lowest BCUT2D eigenvalue weighted by Gasteiger charge is -2.22. The smallest absolute Gasteiger partial charge is 0.232 e. The Balaban J connectivity index is 1.71. The first-order chi connectivity index (χ1) is 14.3. The first-order valence-electron chi connectivity index (χ1n) is 10.3. The normalized spacial score (nSPS) is 11.2. The highest BCUT2D eigenvalue weighted by Gasteiger charge is 2.17. The first-order valence-corrected chi connectivity index (χ1v) is 12.2. The first kappa shape index (κ1) is 23.7. The Morgan fingerprint density at radius 2 is 1.70 bits per heavy atom. The molecular weight excluding hydrogens is 400 g/mol. The van der Waals surface area contributed by atoms with Crippen molar-refractivity contribution in [3.05, 3.63) is 59.7 Å². The summed E-state index contributed by atoms with van der Waals surface area (Å²) < 4.78 is 31.0. The number of sulfonamides is 1. The minimum Gasteiger partial charge on any atom is -0.494 e. The quantitative estimate of drug-likeness (QED) is 0.519. The van der Waals surface area contributed by atoms with Crippen LogP contribution >= 0.6 is 0 Å². The molecule has 0 aliphatic heterocycles. The van der Waals surface area contributed by atoms with E-state index in [1.54, 1.807) is 12.1 Å². The second-order valence-corrected chi connectivity index (χ2v) is 9.21. The van der Waals surface area contributed by atoms with Gasteiger partial charge in [0.1, 0.15) is 5.75 Å². The van der Waals surface area contributed by atoms with E-state index in [1.165, 1.54) is 16.1 Å². The lowest BCUT2D eigenvalue weighted by Crippen LogP contribution is -2.32. The molecule has 1 amide bonds. The van der Waals surface area contributed by atoms with Crippen LogP contribution < -0.4 is 14.4 Å². The third-order valence-electron chi connectivity index (χ3n) is 4.69. The Labute approximate surface area is 180 Å². The maximum absolute atomic E-state index is 12.1. The van der Waals surface area contributed by atoms with Gasteiger partial charge in [-0.2, -0.15) is 0 Å². The monoisotopic (exact) mass is 432 g/mol. The minimum absolute atomic E-state index is 0.0564. The highest BCUT2D eigenvalue weighted by atomic mass is 32.2. The van der Waals surface area contributed by atoms with Gasteiger partial charge in [0, 0.05) is 19.5 Å². The Morgan fingerprint density at radius 3 is 2.30 bits per heavy atom. The topological polar surface area (TPSA) is 75.7 Å². The van der Waals surface area contributed by atoms with Gasteiger partial charge in [0.2, 0.25) is 15.9 Å². The average molecular weight is 433 g/mol. The summed E-state index contributed by atoms with van der Waals surface area (Å²) in [6.07, 6.45) is 3.67. The van der Waals surface area contributed by atoms with E-state index in [0.29, 0.717) is 31.7 Å². The van der Waals surface area contributed by atoms with Crippen molar-refractivity contribution in [1.29, 1.82) is 0 Å². The van der Waals surface area contributed by atoms with Crippen molar-refractivity contribution >= 4 is 21.6 Å². The molecule has 0 fully saturated rings. The third-order valence-corrected chi connectivity index (χ3v) is 5.88. The Hall–Kier alpha value is -2.54. The lowest BCUT2D eigenvalue weighted by molar-refractivity contribution is -0.121. The molecule has 0 atom stereocenters. The average Bonchev–Trinajstić information content (AvgIpc) is 2.70. The Kier molecular flexibility index (Phi) is 9.17. The fraction of sp³-hybridized carbons (Fsp3) is 0.435. The molecule has 30 heavy (non-hydrogen) atoms. The van der Waals surface area contributed by atoms with Gasteiger partial charge in [0.15, 0.2) is 0 Å². The van der Waals surface area contributed by atoms with Gasteiger partial charge in [-0.25, -0.2) is 8.42 Å². The zero-order valence-electron chi connectivity index (χ0n) is 18.1. The molecule has 0 radical (unpaired) electrons. The van der Waals surface area contributed by atoms with Crippen molar-refractivity contribution in [1.82, 2.24) is 5.32 Å². The van der Waals surface area contributed by atoms with Crippen LogP contribution in [-0.4, -0.2) is 40.3 Å². The number of amides is 1. The highest BCUT2D eigenvalue weighted by Crippen LogP contribution is 2.19. The van der Waals surface area contributed by atoms with Crippen LogP contribution in [0.3, 0.4) is 0 Å². The summed E-state index contributed by atoms with van der Waals surface area (Å²) in [4.78, 5) is 12.1. The van der Waals surface area contributed by atoms with E-state index in [9.17, 15) is 13.2 Å². The molecule has 2 aromatic rings. The van der Waals surface area contributed by atoms with Crippen LogP contribution in [0.15, 0.2) is 48.5 Å². The number of hydrogen-bond acceptors (Lipinski definition) is 4. The minimum atomic E-state index is -3.39. The summed E-state index contributed by atoms with van der Waals surface area (Å²) in [6.45, 7) is 5.44. The number of aryl methyl sites for hydroxylation is 2. The number of carbonyl (C=O) groups is 1. The largest absolute Gasteiger partial charge is 0.494 e. The molecule has 1 N–H and O–H groups in total. The molecular formula is C23H32N2O4S. The van der Waals surface area contributed by atoms with Gasteiger partial charge in [0.25, 0.3) is 0 Å². The zero-order valence-corrected chi connectivity index (χ0v) is 18.9. The molecule has 0 aliphatic carbocycles. The number of anilines is 1. The van der Waals surface area contributed by atoms with Gasteiger partial charge < -0.3 is 10.1 Å². The number of nitrogens with zero attached hydrogens (tertiary/aromatic N) is 1. The molecule has 0 bridgehead atoms. The van der Waals surface area contributed by atoms with Gasteiger partial charge >= 0.3 is 0 Å². The molecule has 0 aromatic heterocycles. The summed E-state index contributed by atoms with van der Waals surface area (Å²) in [5.74, 6) is 0.808. The summed E-state index contributed by atoms with van der Waals surface area (Å²) in [5, 5.41) is 2.91. The number of nitrogens with one attached hydrogen (secondary N) is 1. The number of benzene rings is 2. The SMILES string of the molecule is CCOc1ccc(CCCNC(=O)CCCN(c2ccc(C)cc2)S(C)(=O)=O)cc1. The van der Waals surface area contributed by atoms with E-state index in [2.05, 4.69) is 5.32 Å². The molecule has 0 aliphatic rings. The molecule has 0 heterocycles. The number of carbonyl (C=O) groups excluding carboxylic acids is 1. The predicted molar refractivity (Wildman–Crippen MR) is 122 cm³/mol. The maximum Gasteiger partial charge on any atom is 0.232 e. The van der Waals surface area contributed by atoms with E-state index in [-0.39, 0.29) is 12.5 Å². The van der Waals surface area contributed by atoms with E-state index < -0.39 is 10.0 Å². The Bertz CT molecular complexity index is 894. The van der Waals surface area contributed by atoms with Crippen molar-refractivity contribution in [3.8, 4) is 5.75 Å². The zero-order chi connectivity index (χ0) is 22.0. The number of hydrogen-bond donors (Lipinski definition) is 1. The second kappa shape index (κ2) is 11.6. The van der Waals surface area contributed by atoms with Crippen LogP contribution in [0, 0.1) is 6.92 Å². The summed E-state index contributed by atoms with van der Waals surface area (Å²) in [7, 11) is -3.39. The van der Waals surface area contributed by atoms with Crippen molar-refractivity contribution in [3.63, 3.8) is 0 Å². The van der Waals surface area contributed by atoms with Crippen LogP contribution in [-0.2, 0) is 21.2 Å².